The van der Waals surface area contributed by atoms with Crippen LogP contribution in [0.4, 0.5) is 0 Å². The van der Waals surface area contributed by atoms with E-state index in [2.05, 4.69) is 10.2 Å². The summed E-state index contributed by atoms with van der Waals surface area (Å²) in [6.07, 6.45) is 2.99. The van der Waals surface area contributed by atoms with Crippen LogP contribution in [0.2, 0.25) is 0 Å². The van der Waals surface area contributed by atoms with Crippen molar-refractivity contribution in [3.63, 3.8) is 0 Å². The fourth-order valence-electron chi connectivity index (χ4n) is 2.65. The molecule has 0 aliphatic carbocycles. The van der Waals surface area contributed by atoms with E-state index in [9.17, 15) is 9.59 Å². The summed E-state index contributed by atoms with van der Waals surface area (Å²) in [6, 6.07) is 0. The van der Waals surface area contributed by atoms with Crippen LogP contribution in [-0.4, -0.2) is 60.3 Å². The summed E-state index contributed by atoms with van der Waals surface area (Å²) < 4.78 is 5.19. The minimum absolute atomic E-state index is 0.176. The van der Waals surface area contributed by atoms with Gasteiger partial charge >= 0.3 is 5.97 Å². The van der Waals surface area contributed by atoms with Gasteiger partial charge < -0.3 is 20.1 Å². The standard InChI is InChI=1S/C13H22N2O4/c16-12(10-4-5-11(19-10)13(17)18)14-6-3-9-15-7-1-2-8-15/h10-11H,1-9H2,(H,14,16)(H,17,18). The largest absolute Gasteiger partial charge is 0.479 e. The summed E-state index contributed by atoms with van der Waals surface area (Å²) in [6.45, 7) is 3.98. The highest BCUT2D eigenvalue weighted by Gasteiger charge is 2.34. The van der Waals surface area contributed by atoms with E-state index in [1.807, 2.05) is 0 Å². The molecule has 2 saturated heterocycles. The zero-order valence-corrected chi connectivity index (χ0v) is 11.1. The molecule has 1 amide bonds. The number of hydrogen-bond donors (Lipinski definition) is 2. The van der Waals surface area contributed by atoms with Gasteiger partial charge in [0, 0.05) is 6.54 Å². The molecule has 108 valence electrons. The van der Waals surface area contributed by atoms with Crippen molar-refractivity contribution in [2.24, 2.45) is 0 Å². The highest BCUT2D eigenvalue weighted by atomic mass is 16.5. The lowest BCUT2D eigenvalue weighted by atomic mass is 10.2. The Balaban J connectivity index is 1.58. The molecule has 0 radical (unpaired) electrons. The number of carboxylic acids is 1. The Bertz CT molecular complexity index is 329. The Morgan fingerprint density at radius 1 is 1.21 bits per heavy atom. The number of amides is 1. The first-order valence-corrected chi connectivity index (χ1v) is 7.05. The molecular formula is C13H22N2O4. The lowest BCUT2D eigenvalue weighted by Crippen LogP contribution is -2.37. The number of carbonyl (C=O) groups is 2. The number of nitrogens with one attached hydrogen (secondary N) is 1. The third-order valence-electron chi connectivity index (χ3n) is 3.74. The van der Waals surface area contributed by atoms with Crippen LogP contribution in [0.3, 0.4) is 0 Å². The molecule has 2 aliphatic rings. The van der Waals surface area contributed by atoms with Crippen LogP contribution < -0.4 is 5.32 Å². The molecule has 19 heavy (non-hydrogen) atoms. The van der Waals surface area contributed by atoms with Gasteiger partial charge in [0.15, 0.2) is 6.10 Å². The second-order valence-electron chi connectivity index (χ2n) is 5.22. The summed E-state index contributed by atoms with van der Waals surface area (Å²) in [5.74, 6) is -1.16. The SMILES string of the molecule is O=C(O)C1CCC(C(=O)NCCCN2CCCC2)O1. The molecule has 2 rings (SSSR count). The van der Waals surface area contributed by atoms with Crippen molar-refractivity contribution >= 4 is 11.9 Å². The summed E-state index contributed by atoms with van der Waals surface area (Å²) in [4.78, 5) is 24.9. The molecule has 2 atom stereocenters. The van der Waals surface area contributed by atoms with Gasteiger partial charge in [-0.25, -0.2) is 4.79 Å². The first kappa shape index (κ1) is 14.3. The average molecular weight is 270 g/mol. The van der Waals surface area contributed by atoms with Gasteiger partial charge in [0.05, 0.1) is 0 Å². The van der Waals surface area contributed by atoms with E-state index in [1.165, 1.54) is 25.9 Å². The summed E-state index contributed by atoms with van der Waals surface area (Å²) in [5.41, 5.74) is 0. The molecule has 0 bridgehead atoms. The summed E-state index contributed by atoms with van der Waals surface area (Å²) in [7, 11) is 0. The van der Waals surface area contributed by atoms with Crippen LogP contribution in [0.1, 0.15) is 32.1 Å². The molecule has 2 aliphatic heterocycles. The molecule has 2 unspecified atom stereocenters. The monoisotopic (exact) mass is 270 g/mol. The molecular weight excluding hydrogens is 248 g/mol. The number of hydrogen-bond acceptors (Lipinski definition) is 4. The smallest absolute Gasteiger partial charge is 0.332 e. The molecule has 6 nitrogen and oxygen atoms in total. The summed E-state index contributed by atoms with van der Waals surface area (Å²) >= 11 is 0. The van der Waals surface area contributed by atoms with Crippen LogP contribution in [-0.2, 0) is 14.3 Å². The van der Waals surface area contributed by atoms with Crippen molar-refractivity contribution in [3.8, 4) is 0 Å². The van der Waals surface area contributed by atoms with Crippen molar-refractivity contribution in [2.75, 3.05) is 26.2 Å². The lowest BCUT2D eigenvalue weighted by molar-refractivity contribution is -0.151. The topological polar surface area (TPSA) is 78.9 Å². The molecule has 2 N–H and O–H groups in total. The van der Waals surface area contributed by atoms with E-state index in [0.29, 0.717) is 19.4 Å². The van der Waals surface area contributed by atoms with Gasteiger partial charge in [-0.1, -0.05) is 0 Å². The van der Waals surface area contributed by atoms with E-state index < -0.39 is 18.2 Å². The quantitative estimate of drug-likeness (QED) is 0.675. The van der Waals surface area contributed by atoms with Crippen molar-refractivity contribution in [2.45, 2.75) is 44.3 Å². The van der Waals surface area contributed by atoms with Gasteiger partial charge in [0.25, 0.3) is 0 Å². The zero-order chi connectivity index (χ0) is 13.7. The zero-order valence-electron chi connectivity index (χ0n) is 11.1. The van der Waals surface area contributed by atoms with Gasteiger partial charge in [-0.2, -0.15) is 0 Å². The Labute approximate surface area is 113 Å². The van der Waals surface area contributed by atoms with Crippen LogP contribution in [0.5, 0.6) is 0 Å². The fraction of sp³-hybridized carbons (Fsp3) is 0.846. The number of nitrogens with zero attached hydrogens (tertiary/aromatic N) is 1. The number of ether oxygens (including phenoxy) is 1. The second kappa shape index (κ2) is 6.86. The van der Waals surface area contributed by atoms with Crippen LogP contribution in [0.15, 0.2) is 0 Å². The van der Waals surface area contributed by atoms with Crippen molar-refractivity contribution < 1.29 is 19.4 Å². The number of likely N-dealkylation sites (tertiary alicyclic amines) is 1. The molecule has 0 saturated carbocycles. The van der Waals surface area contributed by atoms with E-state index in [4.69, 9.17) is 9.84 Å². The Morgan fingerprint density at radius 3 is 2.53 bits per heavy atom. The third-order valence-corrected chi connectivity index (χ3v) is 3.74. The second-order valence-corrected chi connectivity index (χ2v) is 5.22. The molecule has 0 aromatic rings. The number of carbonyl (C=O) groups excluding carboxylic acids is 1. The molecule has 6 heteroatoms. The van der Waals surface area contributed by atoms with Gasteiger partial charge in [-0.05, 0) is 51.7 Å². The minimum atomic E-state index is -0.982. The lowest BCUT2D eigenvalue weighted by Gasteiger charge is -2.15. The normalized spacial score (nSPS) is 27.6. The van der Waals surface area contributed by atoms with Gasteiger partial charge in [-0.3, -0.25) is 4.79 Å². The number of rotatable bonds is 6. The molecule has 2 heterocycles. The third kappa shape index (κ3) is 4.18. The predicted octanol–water partition coefficient (Wildman–Crippen LogP) is 0.221. The first-order chi connectivity index (χ1) is 9.16. The first-order valence-electron chi connectivity index (χ1n) is 7.05. The van der Waals surface area contributed by atoms with Crippen LogP contribution >= 0.6 is 0 Å². The van der Waals surface area contributed by atoms with Gasteiger partial charge in [0.2, 0.25) is 5.91 Å². The van der Waals surface area contributed by atoms with E-state index in [0.717, 1.165) is 13.0 Å². The average Bonchev–Trinajstić information content (AvgIpc) is 3.05. The van der Waals surface area contributed by atoms with Crippen LogP contribution in [0.25, 0.3) is 0 Å². The predicted molar refractivity (Wildman–Crippen MR) is 68.8 cm³/mol. The maximum atomic E-state index is 11.8. The molecule has 0 aromatic carbocycles. The molecule has 0 aromatic heterocycles. The Kier molecular flexibility index (Phi) is 5.15. The number of carboxylic acid groups (broad SMARTS) is 1. The molecule has 0 spiro atoms. The van der Waals surface area contributed by atoms with Gasteiger partial charge in [-0.15, -0.1) is 0 Å². The number of aliphatic carboxylic acids is 1. The van der Waals surface area contributed by atoms with Gasteiger partial charge in [0.1, 0.15) is 6.10 Å². The highest BCUT2D eigenvalue weighted by molar-refractivity contribution is 5.82. The Morgan fingerprint density at radius 2 is 1.89 bits per heavy atom. The maximum Gasteiger partial charge on any atom is 0.332 e. The highest BCUT2D eigenvalue weighted by Crippen LogP contribution is 2.19. The fourth-order valence-corrected chi connectivity index (χ4v) is 2.65. The Hall–Kier alpha value is -1.14. The van der Waals surface area contributed by atoms with Crippen molar-refractivity contribution in [1.82, 2.24) is 10.2 Å². The maximum absolute atomic E-state index is 11.8. The van der Waals surface area contributed by atoms with Crippen molar-refractivity contribution in [3.05, 3.63) is 0 Å². The van der Waals surface area contributed by atoms with Crippen LogP contribution in [0, 0.1) is 0 Å². The minimum Gasteiger partial charge on any atom is -0.479 e. The molecule has 2 fully saturated rings. The van der Waals surface area contributed by atoms with E-state index in [1.54, 1.807) is 0 Å². The van der Waals surface area contributed by atoms with E-state index in [-0.39, 0.29) is 5.91 Å². The van der Waals surface area contributed by atoms with E-state index >= 15 is 0 Å². The van der Waals surface area contributed by atoms with Crippen molar-refractivity contribution in [1.29, 1.82) is 0 Å². The summed E-state index contributed by atoms with van der Waals surface area (Å²) in [5, 5.41) is 11.6.